The Morgan fingerprint density at radius 3 is 2.60 bits per heavy atom. The lowest BCUT2D eigenvalue weighted by Crippen LogP contribution is -2.36. The fraction of sp³-hybridized carbons (Fsp3) is 0.361. The third kappa shape index (κ3) is 6.42. The van der Waals surface area contributed by atoms with Crippen LogP contribution >= 0.6 is 0 Å². The molecule has 0 fully saturated rings. The highest BCUT2D eigenvalue weighted by Gasteiger charge is 2.35. The van der Waals surface area contributed by atoms with E-state index in [1.807, 2.05) is 63.6 Å². The van der Waals surface area contributed by atoms with Crippen molar-refractivity contribution < 1.29 is 17.9 Å². The molecule has 0 spiro atoms. The number of rotatable bonds is 10. The molecule has 2 aromatic carbocycles. The Balaban J connectivity index is 1.40. The van der Waals surface area contributed by atoms with E-state index in [0.29, 0.717) is 13.0 Å². The minimum atomic E-state index is -3.88. The number of fused-ring (bicyclic) bond motifs is 2. The summed E-state index contributed by atoms with van der Waals surface area (Å²) in [4.78, 5) is 22.3. The fourth-order valence-corrected chi connectivity index (χ4v) is 7.87. The number of benzene rings is 2. The Labute approximate surface area is 275 Å². The summed E-state index contributed by atoms with van der Waals surface area (Å²) in [6, 6.07) is 15.3. The van der Waals surface area contributed by atoms with Gasteiger partial charge >= 0.3 is 0 Å². The van der Waals surface area contributed by atoms with Gasteiger partial charge in [0.05, 0.1) is 12.1 Å². The van der Waals surface area contributed by atoms with Crippen LogP contribution in [0, 0.1) is 20.8 Å². The lowest BCUT2D eigenvalue weighted by Gasteiger charge is -2.25. The molecular formula is C36H40N6O4S. The lowest BCUT2D eigenvalue weighted by molar-refractivity contribution is -0.118. The van der Waals surface area contributed by atoms with Gasteiger partial charge in [0.15, 0.2) is 0 Å². The molecule has 2 atom stereocenters. The quantitative estimate of drug-likeness (QED) is 0.184. The first kappa shape index (κ1) is 32.5. The van der Waals surface area contributed by atoms with Crippen LogP contribution in [0.5, 0.6) is 5.88 Å². The smallest absolute Gasteiger partial charge is 0.248 e. The van der Waals surface area contributed by atoms with Crippen molar-refractivity contribution in [1.29, 1.82) is 0 Å². The van der Waals surface area contributed by atoms with Gasteiger partial charge in [0.25, 0.3) is 0 Å². The number of ether oxygens (including phenoxy) is 1. The third-order valence-corrected chi connectivity index (χ3v) is 11.1. The van der Waals surface area contributed by atoms with Crippen LogP contribution in [-0.2, 0) is 34.3 Å². The molecule has 0 radical (unpaired) electrons. The van der Waals surface area contributed by atoms with E-state index in [2.05, 4.69) is 32.4 Å². The van der Waals surface area contributed by atoms with E-state index in [1.165, 1.54) is 4.31 Å². The predicted octanol–water partition coefficient (Wildman–Crippen LogP) is 5.86. The average molecular weight is 653 g/mol. The van der Waals surface area contributed by atoms with Crippen LogP contribution in [0.4, 0.5) is 0 Å². The zero-order valence-corrected chi connectivity index (χ0v) is 28.3. The van der Waals surface area contributed by atoms with E-state index >= 15 is 0 Å². The molecule has 1 aliphatic rings. The number of hydrogen-bond donors (Lipinski definition) is 0. The third-order valence-electron chi connectivity index (χ3n) is 9.24. The molecule has 11 heteroatoms. The maximum absolute atomic E-state index is 13.9. The van der Waals surface area contributed by atoms with Crippen LogP contribution < -0.4 is 4.74 Å². The summed E-state index contributed by atoms with van der Waals surface area (Å²) in [6.45, 7) is 11.1. The Morgan fingerprint density at radius 1 is 1.02 bits per heavy atom. The number of aromatic nitrogens is 5. The molecule has 0 aliphatic carbocycles. The number of aryl methyl sites for hydroxylation is 4. The minimum Gasteiger partial charge on any atom is -0.472 e. The second-order valence-electron chi connectivity index (χ2n) is 12.3. The first-order chi connectivity index (χ1) is 22.6. The second kappa shape index (κ2) is 13.3. The zero-order chi connectivity index (χ0) is 33.3. The molecular weight excluding hydrogens is 613 g/mol. The Morgan fingerprint density at radius 2 is 1.83 bits per heavy atom. The Hall–Kier alpha value is -4.48. The van der Waals surface area contributed by atoms with Crippen LogP contribution in [0.2, 0.25) is 0 Å². The molecule has 0 N–H and O–H groups in total. The van der Waals surface area contributed by atoms with E-state index in [4.69, 9.17) is 4.74 Å². The molecule has 4 heterocycles. The van der Waals surface area contributed by atoms with Gasteiger partial charge in [-0.05, 0) is 97.3 Å². The van der Waals surface area contributed by atoms with Gasteiger partial charge in [-0.3, -0.25) is 9.78 Å². The van der Waals surface area contributed by atoms with Crippen molar-refractivity contribution in [3.8, 4) is 5.88 Å². The molecule has 10 nitrogen and oxygen atoms in total. The molecule has 6 rings (SSSR count). The number of carbonyl (C=O) groups is 1. The highest BCUT2D eigenvalue weighted by atomic mass is 32.2. The first-order valence-electron chi connectivity index (χ1n) is 16.1. The number of carbonyl (C=O) groups excluding carboxylic acids is 1. The van der Waals surface area contributed by atoms with Gasteiger partial charge in [0.1, 0.15) is 22.3 Å². The topological polar surface area (TPSA) is 120 Å². The molecule has 0 amide bonds. The summed E-state index contributed by atoms with van der Waals surface area (Å²) >= 11 is 0. The van der Waals surface area contributed by atoms with Crippen LogP contribution in [0.25, 0.3) is 11.0 Å². The monoisotopic (exact) mass is 652 g/mol. The standard InChI is InChI=1S/C36H40N6O4S/c1-6-30-22-41(47(44,45)34-9-8-15-38-36(34)46-30)21-28-17-26(11-10-23(28)3)32(19-29(43)18-27-20-37-16-14-24(27)4)31-12-13-33-35(25(31)5)39-40-42(33)7-2/h8-17,20,30,32H,6-7,18-19,21-22H2,1-5H3/t30-,32+/m1/s1. The molecule has 1 aliphatic heterocycles. The molecule has 0 bridgehead atoms. The van der Waals surface area contributed by atoms with Crippen molar-refractivity contribution in [2.75, 3.05) is 6.54 Å². The molecule has 244 valence electrons. The molecule has 47 heavy (non-hydrogen) atoms. The maximum Gasteiger partial charge on any atom is 0.248 e. The Kier molecular flexibility index (Phi) is 9.20. The number of ketones is 1. The summed E-state index contributed by atoms with van der Waals surface area (Å²) in [5.74, 6) is -0.0555. The van der Waals surface area contributed by atoms with Crippen LogP contribution in [0.3, 0.4) is 0 Å². The lowest BCUT2D eigenvalue weighted by atomic mass is 9.82. The van der Waals surface area contributed by atoms with Crippen molar-refractivity contribution in [2.45, 2.75) is 83.9 Å². The summed E-state index contributed by atoms with van der Waals surface area (Å²) in [7, 11) is -3.88. The molecule has 3 aromatic heterocycles. The van der Waals surface area contributed by atoms with Crippen molar-refractivity contribution >= 4 is 26.8 Å². The van der Waals surface area contributed by atoms with Crippen LogP contribution in [0.15, 0.2) is 72.0 Å². The van der Waals surface area contributed by atoms with E-state index < -0.39 is 10.0 Å². The van der Waals surface area contributed by atoms with E-state index in [9.17, 15) is 13.2 Å². The van der Waals surface area contributed by atoms with Crippen molar-refractivity contribution in [2.24, 2.45) is 0 Å². The van der Waals surface area contributed by atoms with Crippen molar-refractivity contribution in [3.05, 3.63) is 106 Å². The summed E-state index contributed by atoms with van der Waals surface area (Å²) in [6.07, 6.45) is 5.87. The van der Waals surface area contributed by atoms with Gasteiger partial charge in [-0.15, -0.1) is 5.10 Å². The number of hydrogen-bond acceptors (Lipinski definition) is 8. The minimum absolute atomic E-state index is 0.0722. The highest BCUT2D eigenvalue weighted by molar-refractivity contribution is 7.89. The van der Waals surface area contributed by atoms with Gasteiger partial charge < -0.3 is 4.74 Å². The molecule has 0 saturated carbocycles. The highest BCUT2D eigenvalue weighted by Crippen LogP contribution is 2.36. The van der Waals surface area contributed by atoms with Crippen LogP contribution in [0.1, 0.15) is 71.6 Å². The molecule has 5 aromatic rings. The number of sulfonamides is 1. The van der Waals surface area contributed by atoms with Gasteiger partial charge in [-0.2, -0.15) is 4.31 Å². The van der Waals surface area contributed by atoms with E-state index in [0.717, 1.165) is 50.0 Å². The van der Waals surface area contributed by atoms with Crippen molar-refractivity contribution in [3.63, 3.8) is 0 Å². The van der Waals surface area contributed by atoms with Gasteiger partial charge in [-0.25, -0.2) is 18.1 Å². The van der Waals surface area contributed by atoms with E-state index in [-0.39, 0.29) is 54.5 Å². The number of nitrogens with zero attached hydrogens (tertiary/aromatic N) is 6. The predicted molar refractivity (Wildman–Crippen MR) is 180 cm³/mol. The maximum atomic E-state index is 13.9. The summed E-state index contributed by atoms with van der Waals surface area (Å²) < 4.78 is 37.2. The SMILES string of the molecule is CC[C@@H]1CN(Cc2cc([C@H](CC(=O)Cc3cnccc3C)c3ccc4c(nnn4CC)c3C)ccc2C)S(=O)(=O)c2cccnc2O1. The van der Waals surface area contributed by atoms with Crippen LogP contribution in [-0.4, -0.2) is 56.1 Å². The second-order valence-corrected chi connectivity index (χ2v) is 14.2. The van der Waals surface area contributed by atoms with E-state index in [1.54, 1.807) is 30.7 Å². The van der Waals surface area contributed by atoms with Gasteiger partial charge in [0.2, 0.25) is 15.9 Å². The summed E-state index contributed by atoms with van der Waals surface area (Å²) in [5.41, 5.74) is 8.43. The number of Topliss-reactive ketones (excluding diaryl/α,β-unsaturated/α-hetero) is 1. The summed E-state index contributed by atoms with van der Waals surface area (Å²) in [5, 5.41) is 8.81. The normalized spacial score (nSPS) is 16.7. The largest absolute Gasteiger partial charge is 0.472 e. The van der Waals surface area contributed by atoms with Gasteiger partial charge in [-0.1, -0.05) is 36.4 Å². The first-order valence-corrected chi connectivity index (χ1v) is 17.5. The average Bonchev–Trinajstić information content (AvgIpc) is 3.45. The molecule has 0 unspecified atom stereocenters. The zero-order valence-electron chi connectivity index (χ0n) is 27.5. The van der Waals surface area contributed by atoms with Gasteiger partial charge in [0, 0.05) is 50.4 Å². The Bertz CT molecular complexity index is 2060. The fourth-order valence-electron chi connectivity index (χ4n) is 6.35. The van der Waals surface area contributed by atoms with Crippen molar-refractivity contribution in [1.82, 2.24) is 29.3 Å². The number of pyridine rings is 2. The molecule has 0 saturated heterocycles.